The second kappa shape index (κ2) is 5.27. The van der Waals surface area contributed by atoms with Gasteiger partial charge in [-0.05, 0) is 23.8 Å². The first kappa shape index (κ1) is 14.0. The lowest BCUT2D eigenvalue weighted by Gasteiger charge is -2.07. The van der Waals surface area contributed by atoms with Crippen LogP contribution < -0.4 is 10.5 Å². The number of hydrogen-bond donors (Lipinski definition) is 3. The summed E-state index contributed by atoms with van der Waals surface area (Å²) < 4.78 is 39.8. The highest BCUT2D eigenvalue weighted by Gasteiger charge is 2.19. The van der Waals surface area contributed by atoms with Crippen molar-refractivity contribution < 1.29 is 12.8 Å². The summed E-state index contributed by atoms with van der Waals surface area (Å²) in [7, 11) is -3.79. The normalized spacial score (nSPS) is 11.7. The molecule has 0 atom stereocenters. The van der Waals surface area contributed by atoms with Crippen LogP contribution in [-0.4, -0.2) is 18.6 Å². The highest BCUT2D eigenvalue weighted by atomic mass is 79.9. The van der Waals surface area contributed by atoms with Crippen molar-refractivity contribution in [2.24, 2.45) is 0 Å². The van der Waals surface area contributed by atoms with Crippen LogP contribution in [0.5, 0.6) is 0 Å². The van der Waals surface area contributed by atoms with Gasteiger partial charge in [-0.3, -0.25) is 5.10 Å². The van der Waals surface area contributed by atoms with Crippen LogP contribution in [0, 0.1) is 5.82 Å². The van der Waals surface area contributed by atoms with Gasteiger partial charge in [0.1, 0.15) is 16.5 Å². The van der Waals surface area contributed by atoms with Crippen LogP contribution >= 0.6 is 15.9 Å². The molecule has 4 N–H and O–H groups in total. The van der Waals surface area contributed by atoms with Crippen LogP contribution in [0.4, 0.5) is 10.2 Å². The van der Waals surface area contributed by atoms with Crippen LogP contribution in [0.3, 0.4) is 0 Å². The number of H-pyrrole nitrogens is 1. The summed E-state index contributed by atoms with van der Waals surface area (Å²) in [5.74, 6) is -0.494. The van der Waals surface area contributed by atoms with E-state index in [2.05, 4.69) is 30.8 Å². The Balaban J connectivity index is 2.19. The molecule has 19 heavy (non-hydrogen) atoms. The van der Waals surface area contributed by atoms with Crippen LogP contribution in [0.2, 0.25) is 0 Å². The number of hydrogen-bond acceptors (Lipinski definition) is 4. The third kappa shape index (κ3) is 3.11. The average Bonchev–Trinajstić information content (AvgIpc) is 2.78. The van der Waals surface area contributed by atoms with E-state index in [0.29, 0.717) is 10.0 Å². The van der Waals surface area contributed by atoms with E-state index in [1.165, 1.54) is 18.2 Å². The number of halogens is 2. The summed E-state index contributed by atoms with van der Waals surface area (Å²) in [5.41, 5.74) is 5.92. The van der Waals surface area contributed by atoms with Crippen LogP contribution in [-0.2, 0) is 16.6 Å². The molecule has 0 fully saturated rings. The Bertz CT molecular complexity index is 701. The number of aromatic amines is 1. The molecule has 2 rings (SSSR count). The summed E-state index contributed by atoms with van der Waals surface area (Å²) in [4.78, 5) is -0.139. The largest absolute Gasteiger partial charge is 0.383 e. The Labute approximate surface area is 117 Å². The standard InChI is InChI=1S/C10H10BrFN4O2S/c11-8-2-1-7(12)3-6(8)4-15-19(17,18)9-5-14-16-10(9)13/h1-3,5,15H,4H2,(H3,13,14,16). The maximum absolute atomic E-state index is 13.1. The van der Waals surface area contributed by atoms with Gasteiger partial charge in [0.05, 0.1) is 6.20 Å². The predicted octanol–water partition coefficient (Wildman–Crippen LogP) is 1.37. The molecule has 0 unspecified atom stereocenters. The fourth-order valence-electron chi connectivity index (χ4n) is 1.43. The number of nitrogen functional groups attached to an aromatic ring is 1. The molecule has 0 aliphatic rings. The van der Waals surface area contributed by atoms with Gasteiger partial charge in [0.15, 0.2) is 0 Å². The minimum Gasteiger partial charge on any atom is -0.383 e. The molecule has 0 saturated heterocycles. The van der Waals surface area contributed by atoms with Crippen molar-refractivity contribution in [1.29, 1.82) is 0 Å². The summed E-state index contributed by atoms with van der Waals surface area (Å²) >= 11 is 3.22. The van der Waals surface area contributed by atoms with E-state index in [1.807, 2.05) is 0 Å². The van der Waals surface area contributed by atoms with Crippen molar-refractivity contribution in [3.8, 4) is 0 Å². The first-order valence-corrected chi connectivity index (χ1v) is 7.40. The topological polar surface area (TPSA) is 101 Å². The summed E-state index contributed by atoms with van der Waals surface area (Å²) in [6.07, 6.45) is 1.11. The Hall–Kier alpha value is -1.45. The van der Waals surface area contributed by atoms with Gasteiger partial charge < -0.3 is 5.73 Å². The number of aromatic nitrogens is 2. The molecule has 1 heterocycles. The lowest BCUT2D eigenvalue weighted by Crippen LogP contribution is -2.24. The Morgan fingerprint density at radius 3 is 2.84 bits per heavy atom. The fraction of sp³-hybridized carbons (Fsp3) is 0.100. The zero-order chi connectivity index (χ0) is 14.0. The third-order valence-electron chi connectivity index (χ3n) is 2.38. The Morgan fingerprint density at radius 1 is 1.47 bits per heavy atom. The van der Waals surface area contributed by atoms with Gasteiger partial charge in [-0.15, -0.1) is 0 Å². The van der Waals surface area contributed by atoms with E-state index < -0.39 is 15.8 Å². The first-order chi connectivity index (χ1) is 8.90. The van der Waals surface area contributed by atoms with Gasteiger partial charge >= 0.3 is 0 Å². The van der Waals surface area contributed by atoms with Crippen LogP contribution in [0.15, 0.2) is 33.8 Å². The number of nitrogens with two attached hydrogens (primary N) is 1. The minimum atomic E-state index is -3.79. The molecule has 0 saturated carbocycles. The molecule has 1 aromatic heterocycles. The lowest BCUT2D eigenvalue weighted by atomic mass is 10.2. The van der Waals surface area contributed by atoms with Crippen molar-refractivity contribution in [2.75, 3.05) is 5.73 Å². The highest BCUT2D eigenvalue weighted by molar-refractivity contribution is 9.10. The average molecular weight is 349 g/mol. The smallest absolute Gasteiger partial charge is 0.246 e. The number of nitrogens with zero attached hydrogens (tertiary/aromatic N) is 1. The van der Waals surface area contributed by atoms with Crippen molar-refractivity contribution in [2.45, 2.75) is 11.4 Å². The Kier molecular flexibility index (Phi) is 3.88. The second-order valence-electron chi connectivity index (χ2n) is 3.71. The lowest BCUT2D eigenvalue weighted by molar-refractivity contribution is 0.580. The van der Waals surface area contributed by atoms with Crippen molar-refractivity contribution in [1.82, 2.24) is 14.9 Å². The number of benzene rings is 1. The number of nitrogens with one attached hydrogen (secondary N) is 2. The van der Waals surface area contributed by atoms with E-state index in [-0.39, 0.29) is 17.3 Å². The predicted molar refractivity (Wildman–Crippen MR) is 71.1 cm³/mol. The minimum absolute atomic E-state index is 0.0502. The molecule has 0 aliphatic carbocycles. The summed E-state index contributed by atoms with van der Waals surface area (Å²) in [5, 5.41) is 5.87. The number of anilines is 1. The zero-order valence-electron chi connectivity index (χ0n) is 9.52. The molecule has 1 aromatic carbocycles. The molecule has 0 aliphatic heterocycles. The second-order valence-corrected chi connectivity index (χ2v) is 6.30. The van der Waals surface area contributed by atoms with Gasteiger partial charge in [-0.1, -0.05) is 15.9 Å². The SMILES string of the molecule is Nc1[nH]ncc1S(=O)(=O)NCc1cc(F)ccc1Br. The van der Waals surface area contributed by atoms with Gasteiger partial charge in [0, 0.05) is 11.0 Å². The molecule has 0 bridgehead atoms. The van der Waals surface area contributed by atoms with Crippen molar-refractivity contribution >= 4 is 31.8 Å². The van der Waals surface area contributed by atoms with Crippen LogP contribution in [0.1, 0.15) is 5.56 Å². The molecule has 9 heteroatoms. The maximum atomic E-state index is 13.1. The monoisotopic (exact) mass is 348 g/mol. The van der Waals surface area contributed by atoms with E-state index >= 15 is 0 Å². The van der Waals surface area contributed by atoms with Crippen molar-refractivity contribution in [3.63, 3.8) is 0 Å². The van der Waals surface area contributed by atoms with Gasteiger partial charge in [0.2, 0.25) is 10.0 Å². The van der Waals surface area contributed by atoms with Gasteiger partial charge in [-0.2, -0.15) is 5.10 Å². The molecular weight excluding hydrogens is 339 g/mol. The molecule has 102 valence electrons. The van der Waals surface area contributed by atoms with E-state index in [0.717, 1.165) is 6.20 Å². The van der Waals surface area contributed by atoms with E-state index in [9.17, 15) is 12.8 Å². The fourth-order valence-corrected chi connectivity index (χ4v) is 2.84. The Morgan fingerprint density at radius 2 is 2.21 bits per heavy atom. The number of rotatable bonds is 4. The maximum Gasteiger partial charge on any atom is 0.246 e. The van der Waals surface area contributed by atoms with E-state index in [4.69, 9.17) is 5.73 Å². The molecule has 0 radical (unpaired) electrons. The molecule has 2 aromatic rings. The van der Waals surface area contributed by atoms with Gasteiger partial charge in [-0.25, -0.2) is 17.5 Å². The van der Waals surface area contributed by atoms with Gasteiger partial charge in [0.25, 0.3) is 0 Å². The quantitative estimate of drug-likeness (QED) is 0.776. The molecule has 0 spiro atoms. The van der Waals surface area contributed by atoms with Crippen molar-refractivity contribution in [3.05, 3.63) is 40.2 Å². The molecule has 0 amide bonds. The molecule has 6 nitrogen and oxygen atoms in total. The first-order valence-electron chi connectivity index (χ1n) is 5.12. The summed E-state index contributed by atoms with van der Waals surface area (Å²) in [6, 6.07) is 4.02. The highest BCUT2D eigenvalue weighted by Crippen LogP contribution is 2.19. The van der Waals surface area contributed by atoms with E-state index in [1.54, 1.807) is 0 Å². The van der Waals surface area contributed by atoms with Crippen LogP contribution in [0.25, 0.3) is 0 Å². The number of sulfonamides is 1. The summed E-state index contributed by atoms with van der Waals surface area (Å²) in [6.45, 7) is -0.0642. The third-order valence-corrected chi connectivity index (χ3v) is 4.58. The molecular formula is C10H10BrFN4O2S. The zero-order valence-corrected chi connectivity index (χ0v) is 11.9.